The zero-order chi connectivity index (χ0) is 7.19. The summed E-state index contributed by atoms with van der Waals surface area (Å²) in [6.45, 7) is 0.888. The third-order valence-electron chi connectivity index (χ3n) is 2.41. The van der Waals surface area contributed by atoms with E-state index >= 15 is 0 Å². The molecule has 10 heavy (non-hydrogen) atoms. The van der Waals surface area contributed by atoms with Crippen LogP contribution >= 0.6 is 0 Å². The highest BCUT2D eigenvalue weighted by molar-refractivity contribution is 6.12. The molecular weight excluding hydrogens is 130 g/mol. The first kappa shape index (κ1) is 6.04. The largest absolute Gasteiger partial charge is 0.304 e. The lowest BCUT2D eigenvalue weighted by molar-refractivity contribution is -0.125. The smallest absolute Gasteiger partial charge is 0.160 e. The molecule has 0 amide bonds. The van der Waals surface area contributed by atoms with Crippen molar-refractivity contribution in [1.82, 2.24) is 5.32 Å². The van der Waals surface area contributed by atoms with E-state index < -0.39 is 5.54 Å². The van der Waals surface area contributed by atoms with Gasteiger partial charge in [-0.2, -0.15) is 0 Å². The highest BCUT2D eigenvalue weighted by Crippen LogP contribution is 2.31. The van der Waals surface area contributed by atoms with E-state index in [0.29, 0.717) is 6.42 Å². The second kappa shape index (κ2) is 1.66. The Hall–Kier alpha value is -0.700. The van der Waals surface area contributed by atoms with Crippen LogP contribution in [0.3, 0.4) is 0 Å². The fourth-order valence-electron chi connectivity index (χ4n) is 1.66. The average Bonchev–Trinajstić information content (AvgIpc) is 2.04. The lowest BCUT2D eigenvalue weighted by Crippen LogP contribution is -2.59. The normalized spacial score (nSPS) is 38.8. The van der Waals surface area contributed by atoms with E-state index in [9.17, 15) is 9.59 Å². The lowest BCUT2D eigenvalue weighted by Gasteiger charge is -2.37. The predicted molar refractivity (Wildman–Crippen MR) is 34.6 cm³/mol. The molecule has 1 N–H and O–H groups in total. The molecule has 0 aromatic carbocycles. The average molecular weight is 139 g/mol. The number of carbonyl (C=O) groups is 2. The number of Topliss-reactive ketones (excluding diaryl/α,β-unsaturated/α-hetero) is 2. The van der Waals surface area contributed by atoms with E-state index in [-0.39, 0.29) is 18.0 Å². The third kappa shape index (κ3) is 0.583. The van der Waals surface area contributed by atoms with E-state index in [0.717, 1.165) is 13.0 Å². The zero-order valence-electron chi connectivity index (χ0n) is 5.64. The van der Waals surface area contributed by atoms with Crippen LogP contribution < -0.4 is 5.32 Å². The van der Waals surface area contributed by atoms with Crippen molar-refractivity contribution in [3.05, 3.63) is 0 Å². The summed E-state index contributed by atoms with van der Waals surface area (Å²) in [5.41, 5.74) is -0.392. The quantitative estimate of drug-likeness (QED) is 0.466. The fraction of sp³-hybridized carbons (Fsp3) is 0.714. The standard InChI is InChI=1S/C7H9NO2/c9-5-3-6(10)7(4-5)1-2-8-7/h8H,1-4H2. The summed E-state index contributed by atoms with van der Waals surface area (Å²) in [4.78, 5) is 21.9. The van der Waals surface area contributed by atoms with Gasteiger partial charge < -0.3 is 5.32 Å². The van der Waals surface area contributed by atoms with Gasteiger partial charge in [-0.1, -0.05) is 0 Å². The monoisotopic (exact) mass is 139 g/mol. The van der Waals surface area contributed by atoms with Crippen LogP contribution in [-0.4, -0.2) is 23.7 Å². The van der Waals surface area contributed by atoms with Crippen LogP contribution in [0.25, 0.3) is 0 Å². The van der Waals surface area contributed by atoms with Gasteiger partial charge in [0.1, 0.15) is 5.78 Å². The van der Waals surface area contributed by atoms with Crippen LogP contribution in [0.5, 0.6) is 0 Å². The number of nitrogens with one attached hydrogen (secondary N) is 1. The molecule has 1 aliphatic heterocycles. The van der Waals surface area contributed by atoms with Crippen molar-refractivity contribution in [3.8, 4) is 0 Å². The second-order valence-electron chi connectivity index (χ2n) is 3.07. The second-order valence-corrected chi connectivity index (χ2v) is 3.07. The predicted octanol–water partition coefficient (Wildman–Crippen LogP) is -0.350. The van der Waals surface area contributed by atoms with Crippen molar-refractivity contribution < 1.29 is 9.59 Å². The van der Waals surface area contributed by atoms with E-state index in [1.54, 1.807) is 0 Å². The van der Waals surface area contributed by atoms with Crippen molar-refractivity contribution in [1.29, 1.82) is 0 Å². The number of ketones is 2. The first-order valence-electron chi connectivity index (χ1n) is 3.53. The van der Waals surface area contributed by atoms with E-state index in [2.05, 4.69) is 5.32 Å². The highest BCUT2D eigenvalue weighted by atomic mass is 16.2. The van der Waals surface area contributed by atoms with Gasteiger partial charge in [-0.25, -0.2) is 0 Å². The molecule has 3 heteroatoms. The molecule has 2 fully saturated rings. The summed E-state index contributed by atoms with van der Waals surface area (Å²) < 4.78 is 0. The molecule has 2 aliphatic rings. The fourth-order valence-corrected chi connectivity index (χ4v) is 1.66. The highest BCUT2D eigenvalue weighted by Gasteiger charge is 2.49. The molecule has 1 unspecified atom stereocenters. The molecule has 0 aromatic rings. The van der Waals surface area contributed by atoms with Crippen LogP contribution in [-0.2, 0) is 9.59 Å². The molecule has 1 heterocycles. The summed E-state index contributed by atoms with van der Waals surface area (Å²) in [6, 6.07) is 0. The Labute approximate surface area is 58.8 Å². The first-order valence-corrected chi connectivity index (χ1v) is 3.53. The summed E-state index contributed by atoms with van der Waals surface area (Å²) >= 11 is 0. The number of hydrogen-bond donors (Lipinski definition) is 1. The summed E-state index contributed by atoms with van der Waals surface area (Å²) in [6.07, 6.45) is 1.45. The maximum Gasteiger partial charge on any atom is 0.160 e. The van der Waals surface area contributed by atoms with Gasteiger partial charge in [-0.05, 0) is 13.0 Å². The Bertz CT molecular complexity index is 206. The molecule has 0 aromatic heterocycles. The summed E-state index contributed by atoms with van der Waals surface area (Å²) in [7, 11) is 0. The first-order chi connectivity index (χ1) is 4.73. The van der Waals surface area contributed by atoms with Crippen LogP contribution in [0, 0.1) is 0 Å². The van der Waals surface area contributed by atoms with Crippen molar-refractivity contribution in [3.63, 3.8) is 0 Å². The van der Waals surface area contributed by atoms with E-state index in [1.807, 2.05) is 0 Å². The number of hydrogen-bond acceptors (Lipinski definition) is 3. The molecule has 1 saturated carbocycles. The van der Waals surface area contributed by atoms with Gasteiger partial charge in [-0.3, -0.25) is 9.59 Å². The minimum atomic E-state index is -0.392. The SMILES string of the molecule is O=C1CC(=O)C2(CCN2)C1. The molecule has 1 atom stereocenters. The molecule has 0 bridgehead atoms. The van der Waals surface area contributed by atoms with Gasteiger partial charge in [-0.15, -0.1) is 0 Å². The number of rotatable bonds is 0. The van der Waals surface area contributed by atoms with Gasteiger partial charge in [0.25, 0.3) is 0 Å². The third-order valence-corrected chi connectivity index (χ3v) is 2.41. The Kier molecular flexibility index (Phi) is 1.01. The molecule has 1 spiro atoms. The van der Waals surface area contributed by atoms with Crippen LogP contribution in [0.2, 0.25) is 0 Å². The van der Waals surface area contributed by atoms with Crippen molar-refractivity contribution >= 4 is 11.6 Å². The van der Waals surface area contributed by atoms with Crippen LogP contribution in [0.4, 0.5) is 0 Å². The van der Waals surface area contributed by atoms with Crippen LogP contribution in [0.1, 0.15) is 19.3 Å². The Morgan fingerprint density at radius 1 is 1.40 bits per heavy atom. The topological polar surface area (TPSA) is 46.2 Å². The zero-order valence-corrected chi connectivity index (χ0v) is 5.64. The van der Waals surface area contributed by atoms with Gasteiger partial charge >= 0.3 is 0 Å². The lowest BCUT2D eigenvalue weighted by atomic mass is 9.85. The van der Waals surface area contributed by atoms with Gasteiger partial charge in [0.2, 0.25) is 0 Å². The molecular formula is C7H9NO2. The molecule has 3 nitrogen and oxygen atoms in total. The molecule has 1 aliphatic carbocycles. The maximum atomic E-state index is 11.1. The van der Waals surface area contributed by atoms with Gasteiger partial charge in [0, 0.05) is 6.42 Å². The van der Waals surface area contributed by atoms with Crippen molar-refractivity contribution in [2.75, 3.05) is 6.54 Å². The number of carbonyl (C=O) groups excluding carboxylic acids is 2. The van der Waals surface area contributed by atoms with Crippen molar-refractivity contribution in [2.24, 2.45) is 0 Å². The van der Waals surface area contributed by atoms with Crippen LogP contribution in [0.15, 0.2) is 0 Å². The van der Waals surface area contributed by atoms with Crippen molar-refractivity contribution in [2.45, 2.75) is 24.8 Å². The Balaban J connectivity index is 2.23. The van der Waals surface area contributed by atoms with E-state index in [1.165, 1.54) is 0 Å². The molecule has 54 valence electrons. The molecule has 2 rings (SSSR count). The molecule has 1 saturated heterocycles. The summed E-state index contributed by atoms with van der Waals surface area (Å²) in [5, 5.41) is 3.03. The van der Waals surface area contributed by atoms with E-state index in [4.69, 9.17) is 0 Å². The minimum absolute atomic E-state index is 0.0946. The Morgan fingerprint density at radius 3 is 2.30 bits per heavy atom. The summed E-state index contributed by atoms with van der Waals surface area (Å²) in [5.74, 6) is 0.195. The maximum absolute atomic E-state index is 11.1. The van der Waals surface area contributed by atoms with Gasteiger partial charge in [0.05, 0.1) is 12.0 Å². The molecule has 0 radical (unpaired) electrons. The Morgan fingerprint density at radius 2 is 2.10 bits per heavy atom. The van der Waals surface area contributed by atoms with Gasteiger partial charge in [0.15, 0.2) is 5.78 Å². The minimum Gasteiger partial charge on any atom is -0.304 e.